The number of benzene rings is 1. The van der Waals surface area contributed by atoms with Gasteiger partial charge in [0.1, 0.15) is 13.2 Å². The number of fused-ring (bicyclic) bond motifs is 1. The van der Waals surface area contributed by atoms with Gasteiger partial charge in [0.15, 0.2) is 21.3 Å². The molecular formula is C14H17ClO4S. The summed E-state index contributed by atoms with van der Waals surface area (Å²) in [6.45, 7) is 1.04. The quantitative estimate of drug-likeness (QED) is 0.787. The highest BCUT2D eigenvalue weighted by atomic mass is 35.5. The maximum atomic E-state index is 12.1. The Kier molecular flexibility index (Phi) is 3.82. The zero-order valence-electron chi connectivity index (χ0n) is 11.0. The summed E-state index contributed by atoms with van der Waals surface area (Å²) in [6.07, 6.45) is 2.28. The highest BCUT2D eigenvalue weighted by Crippen LogP contribution is 2.39. The minimum Gasteiger partial charge on any atom is -0.486 e. The van der Waals surface area contributed by atoms with Crippen LogP contribution in [-0.2, 0) is 9.84 Å². The molecule has 0 N–H and O–H groups in total. The maximum absolute atomic E-state index is 12.1. The van der Waals surface area contributed by atoms with Crippen LogP contribution in [0.3, 0.4) is 0 Å². The Hall–Kier alpha value is -0.940. The van der Waals surface area contributed by atoms with Gasteiger partial charge in [0.05, 0.1) is 16.4 Å². The summed E-state index contributed by atoms with van der Waals surface area (Å²) in [4.78, 5) is 0. The van der Waals surface area contributed by atoms with E-state index in [1.165, 1.54) is 0 Å². The smallest absolute Gasteiger partial charge is 0.161 e. The van der Waals surface area contributed by atoms with Crippen molar-refractivity contribution in [3.63, 3.8) is 0 Å². The van der Waals surface area contributed by atoms with Crippen molar-refractivity contribution in [3.05, 3.63) is 23.8 Å². The Morgan fingerprint density at radius 3 is 2.65 bits per heavy atom. The third-order valence-electron chi connectivity index (χ3n) is 3.84. The summed E-state index contributed by atoms with van der Waals surface area (Å²) >= 11 is 6.44. The molecule has 110 valence electrons. The van der Waals surface area contributed by atoms with Crippen LogP contribution in [0.1, 0.15) is 30.2 Å². The lowest BCUT2D eigenvalue weighted by molar-refractivity contribution is 0.171. The molecule has 2 aliphatic heterocycles. The van der Waals surface area contributed by atoms with Crippen LogP contribution in [0.5, 0.6) is 11.5 Å². The van der Waals surface area contributed by atoms with Gasteiger partial charge in [-0.2, -0.15) is 0 Å². The number of rotatable bonds is 2. The summed E-state index contributed by atoms with van der Waals surface area (Å²) in [5.41, 5.74) is 0.784. The van der Waals surface area contributed by atoms with E-state index in [1.54, 1.807) is 12.1 Å². The monoisotopic (exact) mass is 316 g/mol. The average molecular weight is 317 g/mol. The summed E-state index contributed by atoms with van der Waals surface area (Å²) in [7, 11) is -3.10. The summed E-state index contributed by atoms with van der Waals surface area (Å²) < 4.78 is 35.3. The molecule has 0 aliphatic carbocycles. The predicted molar refractivity (Wildman–Crippen MR) is 77.5 cm³/mol. The molecule has 2 heterocycles. The van der Waals surface area contributed by atoms with Gasteiger partial charge in [0, 0.05) is 0 Å². The summed E-state index contributed by atoms with van der Waals surface area (Å²) in [5, 5.41) is -1.03. The Morgan fingerprint density at radius 1 is 1.15 bits per heavy atom. The van der Waals surface area contributed by atoms with Crippen LogP contribution in [0, 0.1) is 0 Å². The van der Waals surface area contributed by atoms with E-state index in [-0.39, 0.29) is 5.75 Å². The van der Waals surface area contributed by atoms with Crippen LogP contribution in [0.25, 0.3) is 0 Å². The first kappa shape index (κ1) is 14.0. The molecule has 0 amide bonds. The molecule has 1 aromatic rings. The molecular weight excluding hydrogens is 300 g/mol. The highest BCUT2D eigenvalue weighted by molar-refractivity contribution is 7.92. The van der Waals surface area contributed by atoms with Crippen molar-refractivity contribution >= 4 is 21.4 Å². The number of hydrogen-bond donors (Lipinski definition) is 0. The predicted octanol–water partition coefficient (Wildman–Crippen LogP) is 2.71. The van der Waals surface area contributed by atoms with E-state index in [4.69, 9.17) is 21.1 Å². The van der Waals surface area contributed by atoms with E-state index in [9.17, 15) is 8.42 Å². The molecule has 2 atom stereocenters. The Labute approximate surface area is 123 Å². The average Bonchev–Trinajstić information content (AvgIpc) is 2.45. The van der Waals surface area contributed by atoms with Gasteiger partial charge in [0.25, 0.3) is 0 Å². The van der Waals surface area contributed by atoms with Crippen molar-refractivity contribution in [3.8, 4) is 11.5 Å². The van der Waals surface area contributed by atoms with Crippen molar-refractivity contribution in [1.29, 1.82) is 0 Å². The molecule has 3 rings (SSSR count). The number of halogens is 1. The third-order valence-corrected chi connectivity index (χ3v) is 6.83. The van der Waals surface area contributed by atoms with Crippen molar-refractivity contribution in [2.45, 2.75) is 29.9 Å². The van der Waals surface area contributed by atoms with Crippen LogP contribution in [-0.4, -0.2) is 32.6 Å². The van der Waals surface area contributed by atoms with E-state index >= 15 is 0 Å². The first-order chi connectivity index (χ1) is 9.58. The molecule has 0 saturated carbocycles. The standard InChI is InChI=1S/C14H17ClO4S/c15-14(13-3-1-2-8-20(13,16)17)10-4-5-11-12(9-10)19-7-6-18-11/h4-5,9,13-14H,1-3,6-8H2. The number of ether oxygens (including phenoxy) is 2. The maximum Gasteiger partial charge on any atom is 0.161 e. The highest BCUT2D eigenvalue weighted by Gasteiger charge is 2.35. The summed E-state index contributed by atoms with van der Waals surface area (Å²) in [5.74, 6) is 1.58. The van der Waals surface area contributed by atoms with Crippen LogP contribution >= 0.6 is 11.6 Å². The second kappa shape index (κ2) is 5.45. The lowest BCUT2D eigenvalue weighted by atomic mass is 10.0. The molecule has 0 aromatic heterocycles. The number of hydrogen-bond acceptors (Lipinski definition) is 4. The van der Waals surface area contributed by atoms with Crippen molar-refractivity contribution in [1.82, 2.24) is 0 Å². The Morgan fingerprint density at radius 2 is 1.90 bits per heavy atom. The lowest BCUT2D eigenvalue weighted by Crippen LogP contribution is -2.32. The zero-order chi connectivity index (χ0) is 14.2. The van der Waals surface area contributed by atoms with E-state index in [0.717, 1.165) is 18.4 Å². The SMILES string of the molecule is O=S1(=O)CCCCC1C(Cl)c1ccc2c(c1)OCCO2. The van der Waals surface area contributed by atoms with Crippen LogP contribution in [0.2, 0.25) is 0 Å². The Balaban J connectivity index is 1.88. The molecule has 0 bridgehead atoms. The third kappa shape index (κ3) is 2.61. The molecule has 6 heteroatoms. The first-order valence-electron chi connectivity index (χ1n) is 6.83. The van der Waals surface area contributed by atoms with Gasteiger partial charge in [0.2, 0.25) is 0 Å². The van der Waals surface area contributed by atoms with Gasteiger partial charge >= 0.3 is 0 Å². The second-order valence-electron chi connectivity index (χ2n) is 5.21. The minimum absolute atomic E-state index is 0.242. The van der Waals surface area contributed by atoms with Gasteiger partial charge in [-0.25, -0.2) is 8.42 Å². The van der Waals surface area contributed by atoms with Gasteiger partial charge in [-0.1, -0.05) is 12.5 Å². The van der Waals surface area contributed by atoms with E-state index in [1.807, 2.05) is 6.07 Å². The second-order valence-corrected chi connectivity index (χ2v) is 8.02. The van der Waals surface area contributed by atoms with Gasteiger partial charge < -0.3 is 9.47 Å². The zero-order valence-corrected chi connectivity index (χ0v) is 12.6. The molecule has 20 heavy (non-hydrogen) atoms. The van der Waals surface area contributed by atoms with Crippen molar-refractivity contribution in [2.24, 2.45) is 0 Å². The fourth-order valence-electron chi connectivity index (χ4n) is 2.75. The van der Waals surface area contributed by atoms with Gasteiger partial charge in [-0.3, -0.25) is 0 Å². The molecule has 0 radical (unpaired) electrons. The van der Waals surface area contributed by atoms with Crippen LogP contribution < -0.4 is 9.47 Å². The van der Waals surface area contributed by atoms with E-state index in [0.29, 0.717) is 31.1 Å². The number of alkyl halides is 1. The van der Waals surface area contributed by atoms with Crippen LogP contribution in [0.15, 0.2) is 18.2 Å². The normalized spacial score (nSPS) is 25.9. The minimum atomic E-state index is -3.10. The van der Waals surface area contributed by atoms with Gasteiger partial charge in [-0.15, -0.1) is 11.6 Å². The van der Waals surface area contributed by atoms with Crippen molar-refractivity contribution in [2.75, 3.05) is 19.0 Å². The first-order valence-corrected chi connectivity index (χ1v) is 8.98. The fraction of sp³-hybridized carbons (Fsp3) is 0.571. The molecule has 2 unspecified atom stereocenters. The molecule has 1 saturated heterocycles. The number of sulfone groups is 1. The molecule has 1 aromatic carbocycles. The molecule has 4 nitrogen and oxygen atoms in total. The van der Waals surface area contributed by atoms with E-state index in [2.05, 4.69) is 0 Å². The molecule has 2 aliphatic rings. The van der Waals surface area contributed by atoms with Gasteiger partial charge in [-0.05, 0) is 30.5 Å². The molecule has 1 fully saturated rings. The van der Waals surface area contributed by atoms with Crippen LogP contribution in [0.4, 0.5) is 0 Å². The topological polar surface area (TPSA) is 52.6 Å². The largest absolute Gasteiger partial charge is 0.486 e. The van der Waals surface area contributed by atoms with Crippen molar-refractivity contribution < 1.29 is 17.9 Å². The summed E-state index contributed by atoms with van der Waals surface area (Å²) in [6, 6.07) is 5.43. The molecule has 0 spiro atoms. The van der Waals surface area contributed by atoms with E-state index < -0.39 is 20.5 Å². The Bertz CT molecular complexity index is 599. The lowest BCUT2D eigenvalue weighted by Gasteiger charge is -2.27. The fourth-order valence-corrected chi connectivity index (χ4v) is 5.44.